The van der Waals surface area contributed by atoms with Crippen molar-refractivity contribution in [2.24, 2.45) is 7.05 Å². The molecule has 0 aliphatic carbocycles. The maximum atomic E-state index is 12.8. The summed E-state index contributed by atoms with van der Waals surface area (Å²) in [7, 11) is 1.77. The van der Waals surface area contributed by atoms with Gasteiger partial charge in [0, 0.05) is 19.7 Å². The Labute approximate surface area is 131 Å². The van der Waals surface area contributed by atoms with E-state index in [1.54, 1.807) is 17.9 Å². The number of aryl methyl sites for hydroxylation is 2. The Balaban J connectivity index is 1.88. The summed E-state index contributed by atoms with van der Waals surface area (Å²) in [4.78, 5) is 14.6. The fraction of sp³-hybridized carbons (Fsp3) is 0.500. The molecular formula is C14H17BrN4O2. The molecule has 0 N–H and O–H groups in total. The smallest absolute Gasteiger partial charge is 0.273 e. The number of amides is 1. The first-order valence-electron chi connectivity index (χ1n) is 7.05. The highest BCUT2D eigenvalue weighted by Gasteiger charge is 2.35. The van der Waals surface area contributed by atoms with Crippen LogP contribution in [0.1, 0.15) is 47.7 Å². The third-order valence-corrected chi connectivity index (χ3v) is 4.46. The zero-order valence-electron chi connectivity index (χ0n) is 12.0. The number of hydrogen-bond acceptors (Lipinski definition) is 4. The van der Waals surface area contributed by atoms with Crippen LogP contribution < -0.4 is 0 Å². The second-order valence-corrected chi connectivity index (χ2v) is 6.05. The van der Waals surface area contributed by atoms with Crippen LogP contribution in [0.25, 0.3) is 0 Å². The zero-order chi connectivity index (χ0) is 15.0. The van der Waals surface area contributed by atoms with Gasteiger partial charge < -0.3 is 9.42 Å². The van der Waals surface area contributed by atoms with E-state index in [0.717, 1.165) is 37.3 Å². The molecule has 0 bridgehead atoms. The molecular weight excluding hydrogens is 336 g/mol. The molecule has 1 atom stereocenters. The van der Waals surface area contributed by atoms with Crippen molar-refractivity contribution in [3.8, 4) is 0 Å². The summed E-state index contributed by atoms with van der Waals surface area (Å²) in [5.74, 6) is 0.745. The molecule has 0 spiro atoms. The predicted octanol–water partition coefficient (Wildman–Crippen LogP) is 2.71. The molecule has 1 unspecified atom stereocenters. The molecule has 21 heavy (non-hydrogen) atoms. The molecule has 0 saturated carbocycles. The molecule has 2 aromatic rings. The lowest BCUT2D eigenvalue weighted by molar-refractivity contribution is 0.0702. The van der Waals surface area contributed by atoms with Crippen molar-refractivity contribution >= 4 is 21.8 Å². The van der Waals surface area contributed by atoms with E-state index in [1.165, 1.54) is 0 Å². The summed E-state index contributed by atoms with van der Waals surface area (Å²) >= 11 is 3.39. The van der Waals surface area contributed by atoms with Crippen molar-refractivity contribution in [3.63, 3.8) is 0 Å². The average molecular weight is 353 g/mol. The molecule has 6 nitrogen and oxygen atoms in total. The van der Waals surface area contributed by atoms with Crippen LogP contribution in [0.4, 0.5) is 0 Å². The number of rotatable bonds is 3. The number of carbonyl (C=O) groups excluding carboxylic acids is 1. The number of carbonyl (C=O) groups is 1. The summed E-state index contributed by atoms with van der Waals surface area (Å²) in [6.07, 6.45) is 4.34. The third kappa shape index (κ3) is 2.50. The largest absolute Gasteiger partial charge is 0.359 e. The van der Waals surface area contributed by atoms with Gasteiger partial charge in [-0.3, -0.25) is 9.48 Å². The van der Waals surface area contributed by atoms with Crippen molar-refractivity contribution in [3.05, 3.63) is 33.9 Å². The topological polar surface area (TPSA) is 64.2 Å². The number of hydrogen-bond donors (Lipinski definition) is 0. The van der Waals surface area contributed by atoms with Crippen LogP contribution in [-0.2, 0) is 13.5 Å². The normalized spacial score (nSPS) is 18.4. The summed E-state index contributed by atoms with van der Waals surface area (Å²) in [6, 6.07) is 1.92. The monoisotopic (exact) mass is 352 g/mol. The number of halogens is 1. The molecule has 3 rings (SSSR count). The molecule has 112 valence electrons. The van der Waals surface area contributed by atoms with Gasteiger partial charge in [0.05, 0.1) is 22.4 Å². The van der Waals surface area contributed by atoms with Crippen LogP contribution in [-0.4, -0.2) is 32.3 Å². The summed E-state index contributed by atoms with van der Waals surface area (Å²) < 4.78 is 7.73. The molecule has 2 aromatic heterocycles. The average Bonchev–Trinajstić information content (AvgIpc) is 3.17. The number of aromatic nitrogens is 3. The zero-order valence-corrected chi connectivity index (χ0v) is 13.6. The summed E-state index contributed by atoms with van der Waals surface area (Å²) in [5.41, 5.74) is 1.49. The van der Waals surface area contributed by atoms with E-state index in [9.17, 15) is 4.79 Å². The van der Waals surface area contributed by atoms with Crippen molar-refractivity contribution in [2.75, 3.05) is 6.54 Å². The Bertz CT molecular complexity index is 644. The van der Waals surface area contributed by atoms with E-state index in [2.05, 4.69) is 26.2 Å². The fourth-order valence-corrected chi connectivity index (χ4v) is 3.26. The first-order valence-corrected chi connectivity index (χ1v) is 7.85. The molecule has 0 aromatic carbocycles. The first-order chi connectivity index (χ1) is 10.1. The van der Waals surface area contributed by atoms with Gasteiger partial charge >= 0.3 is 0 Å². The van der Waals surface area contributed by atoms with E-state index in [0.29, 0.717) is 10.2 Å². The predicted molar refractivity (Wildman–Crippen MR) is 79.8 cm³/mol. The Morgan fingerprint density at radius 2 is 2.38 bits per heavy atom. The molecule has 1 fully saturated rings. The second-order valence-electron chi connectivity index (χ2n) is 5.20. The standard InChI is InChI=1S/C14H17BrN4O2/c1-3-9-7-12(21-17-9)11-5-4-6-19(11)14(20)13-10(15)8-16-18(13)2/h7-8,11H,3-6H2,1-2H3. The van der Waals surface area contributed by atoms with E-state index in [1.807, 2.05) is 17.9 Å². The van der Waals surface area contributed by atoms with E-state index in [4.69, 9.17) is 4.52 Å². The number of likely N-dealkylation sites (tertiary alicyclic amines) is 1. The maximum absolute atomic E-state index is 12.8. The van der Waals surface area contributed by atoms with Gasteiger partial charge in [0.2, 0.25) is 0 Å². The van der Waals surface area contributed by atoms with Crippen LogP contribution >= 0.6 is 15.9 Å². The van der Waals surface area contributed by atoms with E-state index in [-0.39, 0.29) is 11.9 Å². The highest BCUT2D eigenvalue weighted by atomic mass is 79.9. The van der Waals surface area contributed by atoms with Crippen LogP contribution in [0, 0.1) is 0 Å². The molecule has 1 amide bonds. The molecule has 1 aliphatic rings. The molecule has 0 radical (unpaired) electrons. The molecule has 7 heteroatoms. The minimum atomic E-state index is -0.0351. The Hall–Kier alpha value is -1.63. The number of nitrogens with zero attached hydrogens (tertiary/aromatic N) is 4. The quantitative estimate of drug-likeness (QED) is 0.851. The van der Waals surface area contributed by atoms with Gasteiger partial charge in [0.15, 0.2) is 5.76 Å². The van der Waals surface area contributed by atoms with E-state index >= 15 is 0 Å². The van der Waals surface area contributed by atoms with Gasteiger partial charge in [-0.05, 0) is 35.2 Å². The fourth-order valence-electron chi connectivity index (χ4n) is 2.74. The van der Waals surface area contributed by atoms with Crippen LogP contribution in [0.2, 0.25) is 0 Å². The van der Waals surface area contributed by atoms with Gasteiger partial charge in [0.25, 0.3) is 5.91 Å². The van der Waals surface area contributed by atoms with E-state index < -0.39 is 0 Å². The van der Waals surface area contributed by atoms with Crippen LogP contribution in [0.5, 0.6) is 0 Å². The third-order valence-electron chi connectivity index (χ3n) is 3.88. The van der Waals surface area contributed by atoms with Gasteiger partial charge in [-0.25, -0.2) is 0 Å². The second kappa shape index (κ2) is 5.63. The Morgan fingerprint density at radius 3 is 3.00 bits per heavy atom. The Morgan fingerprint density at radius 1 is 1.57 bits per heavy atom. The van der Waals surface area contributed by atoms with Crippen molar-refractivity contribution in [1.29, 1.82) is 0 Å². The van der Waals surface area contributed by atoms with Crippen molar-refractivity contribution < 1.29 is 9.32 Å². The summed E-state index contributed by atoms with van der Waals surface area (Å²) in [5, 5.41) is 8.14. The molecule has 1 aliphatic heterocycles. The minimum Gasteiger partial charge on any atom is -0.359 e. The highest BCUT2D eigenvalue weighted by Crippen LogP contribution is 2.34. The highest BCUT2D eigenvalue weighted by molar-refractivity contribution is 9.10. The minimum absolute atomic E-state index is 0.0289. The first kappa shape index (κ1) is 14.3. The lowest BCUT2D eigenvalue weighted by atomic mass is 10.1. The van der Waals surface area contributed by atoms with Gasteiger partial charge in [-0.15, -0.1) is 0 Å². The van der Waals surface area contributed by atoms with Crippen molar-refractivity contribution in [2.45, 2.75) is 32.2 Å². The maximum Gasteiger partial charge on any atom is 0.273 e. The van der Waals surface area contributed by atoms with Crippen LogP contribution in [0.15, 0.2) is 21.3 Å². The lowest BCUT2D eigenvalue weighted by Crippen LogP contribution is -2.32. The van der Waals surface area contributed by atoms with Crippen LogP contribution in [0.3, 0.4) is 0 Å². The van der Waals surface area contributed by atoms with Gasteiger partial charge in [-0.2, -0.15) is 5.10 Å². The van der Waals surface area contributed by atoms with Gasteiger partial charge in [0.1, 0.15) is 5.69 Å². The van der Waals surface area contributed by atoms with Gasteiger partial charge in [-0.1, -0.05) is 12.1 Å². The molecule has 3 heterocycles. The lowest BCUT2D eigenvalue weighted by Gasteiger charge is -2.22. The SMILES string of the molecule is CCc1cc(C2CCCN2C(=O)c2c(Br)cnn2C)on1. The molecule has 1 saturated heterocycles. The van der Waals surface area contributed by atoms with Crippen molar-refractivity contribution in [1.82, 2.24) is 19.8 Å². The summed E-state index contributed by atoms with van der Waals surface area (Å²) in [6.45, 7) is 2.76. The Kier molecular flexibility index (Phi) is 3.84.